The molecule has 0 aliphatic heterocycles. The highest BCUT2D eigenvalue weighted by atomic mass is 16.3. The molecule has 64 heavy (non-hydrogen) atoms. The number of para-hydroxylation sites is 1. The average molecular weight is 803 g/mol. The first-order chi connectivity index (χ1) is 30.4. The van der Waals surface area contributed by atoms with E-state index in [0.717, 1.165) is 44.4 Å². The molecule has 2 nitrogen and oxygen atoms in total. The first-order valence-corrected chi connectivity index (χ1v) is 23.0. The van der Waals surface area contributed by atoms with Crippen molar-refractivity contribution in [2.24, 2.45) is 0 Å². The van der Waals surface area contributed by atoms with Gasteiger partial charge < -0.3 is 9.32 Å². The summed E-state index contributed by atoms with van der Waals surface area (Å²) in [4.78, 5) is 2.50. The Kier molecular flexibility index (Phi) is 11.2. The van der Waals surface area contributed by atoms with Crippen LogP contribution in [-0.4, -0.2) is 126 Å². The minimum Gasteiger partial charge on any atom is -0.456 e. The second-order valence-corrected chi connectivity index (χ2v) is 19.0. The molecule has 0 saturated carbocycles. The molecule has 18 heteroatoms. The SMILES string of the molecule is Bc1c(B)c(B)c(-c2c(B)c(B)c(N(c3ccc(-c4ccc5c(c4)oc4ccccc45)cc3)c3ccc(-c4c(B)c(B)c(B)c5c(B)c(B)c(B)c(B)c45)cc3)c(B)c2B)c(B)c1B. The summed E-state index contributed by atoms with van der Waals surface area (Å²) in [7, 11) is 36.9. The van der Waals surface area contributed by atoms with Crippen LogP contribution >= 0.6 is 0 Å². The number of nitrogens with zero attached hydrogens (tertiary/aromatic N) is 1. The summed E-state index contributed by atoms with van der Waals surface area (Å²) >= 11 is 0. The first-order valence-electron chi connectivity index (χ1n) is 23.0. The molecule has 1 heterocycles. The molecule has 0 aliphatic rings. The Hall–Kier alpha value is -5.34. The smallest absolute Gasteiger partial charge is 0.141 e. The van der Waals surface area contributed by atoms with Crippen LogP contribution in [0, 0.1) is 0 Å². The van der Waals surface area contributed by atoms with Gasteiger partial charge in [0, 0.05) is 27.8 Å². The fourth-order valence-corrected chi connectivity index (χ4v) is 11.1. The molecule has 0 bridgehead atoms. The molecule has 0 atom stereocenters. The molecule has 0 aliphatic carbocycles. The van der Waals surface area contributed by atoms with E-state index in [1.165, 1.54) is 126 Å². The Morgan fingerprint density at radius 1 is 0.297 bits per heavy atom. The normalized spacial score (nSPS) is 11.5. The van der Waals surface area contributed by atoms with Crippen LogP contribution in [0.15, 0.2) is 95.4 Å². The van der Waals surface area contributed by atoms with Crippen molar-refractivity contribution in [3.8, 4) is 33.4 Å². The minimum atomic E-state index is 0.911. The number of anilines is 3. The molecular weight excluding hydrogens is 756 g/mol. The third-order valence-corrected chi connectivity index (χ3v) is 16.1. The number of benzene rings is 8. The average Bonchev–Trinajstić information content (AvgIpc) is 3.68. The Labute approximate surface area is 394 Å². The largest absolute Gasteiger partial charge is 0.456 e. The van der Waals surface area contributed by atoms with E-state index in [2.05, 4.69) is 209 Å². The van der Waals surface area contributed by atoms with Gasteiger partial charge in [-0.15, -0.1) is 32.8 Å². The summed E-state index contributed by atoms with van der Waals surface area (Å²) < 4.78 is 6.32. The van der Waals surface area contributed by atoms with E-state index in [-0.39, 0.29) is 0 Å². The van der Waals surface area contributed by atoms with Gasteiger partial charge in [0.15, 0.2) is 0 Å². The molecule has 0 spiro atoms. The summed E-state index contributed by atoms with van der Waals surface area (Å²) in [5, 5.41) is 5.10. The van der Waals surface area contributed by atoms with Crippen molar-refractivity contribution in [1.82, 2.24) is 0 Å². The third kappa shape index (κ3) is 6.63. The maximum absolute atomic E-state index is 6.32. The fraction of sp³-hybridized carbons (Fsp3) is 0. The summed E-state index contributed by atoms with van der Waals surface area (Å²) in [5.41, 5.74) is 34.9. The zero-order chi connectivity index (χ0) is 45.8. The van der Waals surface area contributed by atoms with Gasteiger partial charge in [0.1, 0.15) is 137 Å². The van der Waals surface area contributed by atoms with Crippen LogP contribution in [0.3, 0.4) is 0 Å². The topological polar surface area (TPSA) is 16.4 Å². The van der Waals surface area contributed by atoms with E-state index in [4.69, 9.17) is 4.42 Å². The van der Waals surface area contributed by atoms with Gasteiger partial charge in [-0.25, -0.2) is 0 Å². The molecule has 0 unspecified atom stereocenters. The van der Waals surface area contributed by atoms with Crippen LogP contribution < -0.4 is 92.3 Å². The highest BCUT2D eigenvalue weighted by Crippen LogP contribution is 2.37. The van der Waals surface area contributed by atoms with Gasteiger partial charge in [-0.05, 0) is 86.6 Å². The van der Waals surface area contributed by atoms with Crippen molar-refractivity contribution in [3.05, 3.63) is 91.0 Å². The predicted octanol–water partition coefficient (Wildman–Crippen LogP) is -14.7. The molecule has 9 rings (SSSR count). The van der Waals surface area contributed by atoms with Crippen molar-refractivity contribution >= 4 is 263 Å². The molecule has 0 N–H and O–H groups in total. The number of rotatable bonds is 6. The second kappa shape index (κ2) is 16.3. The van der Waals surface area contributed by atoms with Crippen molar-refractivity contribution in [2.75, 3.05) is 4.90 Å². The van der Waals surface area contributed by atoms with Gasteiger partial charge in [-0.1, -0.05) is 103 Å². The van der Waals surface area contributed by atoms with Crippen molar-refractivity contribution < 1.29 is 4.42 Å². The van der Waals surface area contributed by atoms with E-state index >= 15 is 0 Å². The van der Waals surface area contributed by atoms with Crippen LogP contribution in [0.5, 0.6) is 0 Å². The van der Waals surface area contributed by atoms with Gasteiger partial charge >= 0.3 is 0 Å². The van der Waals surface area contributed by atoms with Gasteiger partial charge in [0.25, 0.3) is 0 Å². The molecule has 0 saturated heterocycles. The lowest BCUT2D eigenvalue weighted by Gasteiger charge is -2.34. The molecule has 0 radical (unpaired) electrons. The molecular formula is C46H47B16NO. The maximum atomic E-state index is 6.32. The Morgan fingerprint density at radius 2 is 0.688 bits per heavy atom. The highest BCUT2D eigenvalue weighted by Gasteiger charge is 2.26. The molecule has 1 aromatic heterocycles. The summed E-state index contributed by atoms with van der Waals surface area (Å²) in [6.45, 7) is 0. The van der Waals surface area contributed by atoms with E-state index < -0.39 is 0 Å². The van der Waals surface area contributed by atoms with Gasteiger partial charge in [-0.2, -0.15) is 0 Å². The van der Waals surface area contributed by atoms with Gasteiger partial charge in [0.05, 0.1) is 0 Å². The quantitative estimate of drug-likeness (QED) is 0.156. The van der Waals surface area contributed by atoms with Crippen molar-refractivity contribution in [1.29, 1.82) is 0 Å². The number of fused-ring (bicyclic) bond motifs is 4. The lowest BCUT2D eigenvalue weighted by molar-refractivity contribution is 0.669. The van der Waals surface area contributed by atoms with Crippen LogP contribution in [-0.2, 0) is 0 Å². The second-order valence-electron chi connectivity index (χ2n) is 19.0. The highest BCUT2D eigenvalue weighted by molar-refractivity contribution is 6.73. The lowest BCUT2D eigenvalue weighted by Crippen LogP contribution is -2.57. The molecule has 290 valence electrons. The van der Waals surface area contributed by atoms with E-state index in [1.807, 2.05) is 12.1 Å². The van der Waals surface area contributed by atoms with Gasteiger partial charge in [0.2, 0.25) is 0 Å². The number of furan rings is 1. The number of hydrogen-bond acceptors (Lipinski definition) is 2. The first kappa shape index (κ1) is 43.9. The van der Waals surface area contributed by atoms with Gasteiger partial charge in [-0.3, -0.25) is 0 Å². The fourth-order valence-electron chi connectivity index (χ4n) is 11.1. The third-order valence-electron chi connectivity index (χ3n) is 16.1. The van der Waals surface area contributed by atoms with Crippen LogP contribution in [0.1, 0.15) is 0 Å². The predicted molar refractivity (Wildman–Crippen MR) is 333 cm³/mol. The van der Waals surface area contributed by atoms with E-state index in [9.17, 15) is 0 Å². The molecule has 9 aromatic rings. The van der Waals surface area contributed by atoms with E-state index in [0.29, 0.717) is 0 Å². The molecule has 0 fully saturated rings. The Balaban J connectivity index is 1.24. The van der Waals surface area contributed by atoms with Crippen LogP contribution in [0.4, 0.5) is 17.1 Å². The van der Waals surface area contributed by atoms with E-state index in [1.54, 1.807) is 0 Å². The maximum Gasteiger partial charge on any atom is 0.141 e. The van der Waals surface area contributed by atoms with Crippen molar-refractivity contribution in [3.63, 3.8) is 0 Å². The standard InChI is InChI=1S/C46H47B16NO/c47-30-25(26-27(32(49)38(30)55)33(50)40(57)39(56)31(26)48)17-7-12-20(13-8-17)63(19-10-5-16(6-11-19)18-9-14-22-21-3-1-2-4-23(21)64-24(22)15-18)46-44(61)36(53)29(37(54)45(46)62)28-34(51)41(58)43(60)42(59)35(28)52/h1-15H,47-62H2. The summed E-state index contributed by atoms with van der Waals surface area (Å²) in [6, 6.07) is 33.4. The van der Waals surface area contributed by atoms with Crippen LogP contribution in [0.2, 0.25) is 0 Å². The summed E-state index contributed by atoms with van der Waals surface area (Å²) in [5.74, 6) is 0. The minimum absolute atomic E-state index is 0.911. The molecule has 0 amide bonds. The lowest BCUT2D eigenvalue weighted by atomic mass is 9.56. The zero-order valence-corrected chi connectivity index (χ0v) is 41.0. The zero-order valence-electron chi connectivity index (χ0n) is 41.0. The Morgan fingerprint density at radius 3 is 1.23 bits per heavy atom. The van der Waals surface area contributed by atoms with Crippen LogP contribution in [0.25, 0.3) is 66.1 Å². The monoisotopic (exact) mass is 806 g/mol. The molecule has 8 aromatic carbocycles. The van der Waals surface area contributed by atoms with Crippen molar-refractivity contribution in [2.45, 2.75) is 0 Å². The number of hydrogen-bond donors (Lipinski definition) is 0. The Bertz CT molecular complexity index is 3390. The summed E-state index contributed by atoms with van der Waals surface area (Å²) in [6.07, 6.45) is 0.